The van der Waals surface area contributed by atoms with Crippen molar-refractivity contribution in [1.29, 1.82) is 0 Å². The van der Waals surface area contributed by atoms with E-state index in [-0.39, 0.29) is 6.10 Å². The van der Waals surface area contributed by atoms with Gasteiger partial charge < -0.3 is 5.11 Å². The molecule has 1 nitrogen and oxygen atoms in total. The zero-order valence-electron chi connectivity index (χ0n) is 9.68. The normalized spacial score (nSPS) is 12.9. The average Bonchev–Trinajstić information content (AvgIpc) is 2.20. The first-order chi connectivity index (χ1) is 7.06. The third-order valence-corrected chi connectivity index (χ3v) is 3.59. The van der Waals surface area contributed by atoms with Crippen LogP contribution in [-0.2, 0) is 0 Å². The van der Waals surface area contributed by atoms with E-state index in [1.807, 2.05) is 0 Å². The van der Waals surface area contributed by atoms with E-state index in [1.165, 1.54) is 5.56 Å². The third-order valence-electron chi connectivity index (χ3n) is 2.74. The Bertz CT molecular complexity index is 334. The van der Waals surface area contributed by atoms with Gasteiger partial charge in [-0.25, -0.2) is 0 Å². The Labute approximate surface area is 101 Å². The second-order valence-corrected chi connectivity index (χ2v) is 4.97. The first-order valence-corrected chi connectivity index (χ1v) is 6.30. The van der Waals surface area contributed by atoms with Crippen molar-refractivity contribution >= 4 is 15.9 Å². The molecule has 0 radical (unpaired) electrons. The Morgan fingerprint density at radius 1 is 1.27 bits per heavy atom. The number of aliphatic hydroxyl groups excluding tert-OH is 1. The van der Waals surface area contributed by atoms with Crippen molar-refractivity contribution in [2.24, 2.45) is 0 Å². The van der Waals surface area contributed by atoms with E-state index in [0.717, 1.165) is 34.9 Å². The predicted octanol–water partition coefficient (Wildman–Crippen LogP) is 4.29. The summed E-state index contributed by atoms with van der Waals surface area (Å²) in [6.07, 6.45) is 2.76. The van der Waals surface area contributed by atoms with Gasteiger partial charge in [0.15, 0.2) is 0 Å². The monoisotopic (exact) mass is 270 g/mol. The van der Waals surface area contributed by atoms with Crippen LogP contribution in [0.4, 0.5) is 0 Å². The molecule has 0 aliphatic carbocycles. The van der Waals surface area contributed by atoms with Gasteiger partial charge in [0.05, 0.1) is 6.10 Å². The molecule has 1 atom stereocenters. The summed E-state index contributed by atoms with van der Waals surface area (Å²) in [7, 11) is 0. The highest BCUT2D eigenvalue weighted by molar-refractivity contribution is 9.10. The summed E-state index contributed by atoms with van der Waals surface area (Å²) in [6, 6.07) is 4.17. The summed E-state index contributed by atoms with van der Waals surface area (Å²) in [5.74, 6) is 0. The standard InChI is InChI=1S/C13H19BrO/c1-4-5-6-13(15)11-7-10(3)12(14)8-9(11)2/h7-8,13,15H,4-6H2,1-3H3. The molecule has 0 aromatic heterocycles. The molecule has 0 spiro atoms. The molecule has 0 amide bonds. The summed E-state index contributed by atoms with van der Waals surface area (Å²) in [5, 5.41) is 10.0. The van der Waals surface area contributed by atoms with Gasteiger partial charge in [-0.05, 0) is 43.0 Å². The summed E-state index contributed by atoms with van der Waals surface area (Å²) in [5.41, 5.74) is 3.42. The Hall–Kier alpha value is -0.340. The minimum absolute atomic E-state index is 0.309. The van der Waals surface area contributed by atoms with E-state index in [1.54, 1.807) is 0 Å². The zero-order chi connectivity index (χ0) is 11.4. The number of aliphatic hydroxyl groups is 1. The van der Waals surface area contributed by atoms with Crippen LogP contribution in [0.2, 0.25) is 0 Å². The van der Waals surface area contributed by atoms with Crippen molar-refractivity contribution in [2.45, 2.75) is 46.1 Å². The van der Waals surface area contributed by atoms with Crippen LogP contribution in [0.1, 0.15) is 49.0 Å². The van der Waals surface area contributed by atoms with Crippen LogP contribution in [0.25, 0.3) is 0 Å². The topological polar surface area (TPSA) is 20.2 Å². The van der Waals surface area contributed by atoms with Gasteiger partial charge in [0.2, 0.25) is 0 Å². The maximum absolute atomic E-state index is 10.0. The fraction of sp³-hybridized carbons (Fsp3) is 0.538. The summed E-state index contributed by atoms with van der Waals surface area (Å²) in [6.45, 7) is 6.25. The highest BCUT2D eigenvalue weighted by Gasteiger charge is 2.11. The van der Waals surface area contributed by atoms with E-state index in [2.05, 4.69) is 48.8 Å². The second kappa shape index (κ2) is 5.66. The van der Waals surface area contributed by atoms with Gasteiger partial charge >= 0.3 is 0 Å². The predicted molar refractivity (Wildman–Crippen MR) is 68.1 cm³/mol. The summed E-state index contributed by atoms with van der Waals surface area (Å²) < 4.78 is 1.12. The molecule has 0 aliphatic rings. The summed E-state index contributed by atoms with van der Waals surface area (Å²) in [4.78, 5) is 0. The molecule has 0 heterocycles. The zero-order valence-corrected chi connectivity index (χ0v) is 11.3. The molecule has 1 N–H and O–H groups in total. The first kappa shape index (κ1) is 12.7. The van der Waals surface area contributed by atoms with Crippen molar-refractivity contribution < 1.29 is 5.11 Å². The van der Waals surface area contributed by atoms with Gasteiger partial charge in [0, 0.05) is 4.47 Å². The Morgan fingerprint density at radius 3 is 2.53 bits per heavy atom. The lowest BCUT2D eigenvalue weighted by Crippen LogP contribution is -2.01. The number of unbranched alkanes of at least 4 members (excludes halogenated alkanes) is 1. The molecule has 0 bridgehead atoms. The van der Waals surface area contributed by atoms with E-state index >= 15 is 0 Å². The number of halogens is 1. The lowest BCUT2D eigenvalue weighted by atomic mass is 9.97. The minimum atomic E-state index is -0.309. The Balaban J connectivity index is 2.88. The maximum Gasteiger partial charge on any atom is 0.0792 e. The van der Waals surface area contributed by atoms with Crippen LogP contribution < -0.4 is 0 Å². The van der Waals surface area contributed by atoms with Gasteiger partial charge in [-0.1, -0.05) is 41.8 Å². The molecule has 0 saturated carbocycles. The van der Waals surface area contributed by atoms with Crippen LogP contribution in [0.15, 0.2) is 16.6 Å². The molecular formula is C13H19BrO. The van der Waals surface area contributed by atoms with Gasteiger partial charge in [-0.3, -0.25) is 0 Å². The van der Waals surface area contributed by atoms with E-state index in [4.69, 9.17) is 0 Å². The SMILES string of the molecule is CCCCC(O)c1cc(C)c(Br)cc1C. The molecular weight excluding hydrogens is 252 g/mol. The van der Waals surface area contributed by atoms with E-state index in [0.29, 0.717) is 0 Å². The Morgan fingerprint density at radius 2 is 1.93 bits per heavy atom. The van der Waals surface area contributed by atoms with Crippen molar-refractivity contribution in [3.8, 4) is 0 Å². The molecule has 0 saturated heterocycles. The van der Waals surface area contributed by atoms with E-state index in [9.17, 15) is 5.11 Å². The lowest BCUT2D eigenvalue weighted by molar-refractivity contribution is 0.163. The first-order valence-electron chi connectivity index (χ1n) is 5.51. The molecule has 2 heteroatoms. The van der Waals surface area contributed by atoms with E-state index < -0.39 is 0 Å². The average molecular weight is 271 g/mol. The van der Waals surface area contributed by atoms with Gasteiger partial charge in [0.25, 0.3) is 0 Å². The number of rotatable bonds is 4. The molecule has 1 aromatic rings. The second-order valence-electron chi connectivity index (χ2n) is 4.12. The van der Waals surface area contributed by atoms with Gasteiger partial charge in [0.1, 0.15) is 0 Å². The minimum Gasteiger partial charge on any atom is -0.388 e. The van der Waals surface area contributed by atoms with Crippen molar-refractivity contribution in [3.63, 3.8) is 0 Å². The van der Waals surface area contributed by atoms with Crippen LogP contribution in [0.5, 0.6) is 0 Å². The lowest BCUT2D eigenvalue weighted by Gasteiger charge is -2.15. The van der Waals surface area contributed by atoms with Crippen LogP contribution in [-0.4, -0.2) is 5.11 Å². The number of benzene rings is 1. The van der Waals surface area contributed by atoms with Gasteiger partial charge in [-0.2, -0.15) is 0 Å². The Kier molecular flexibility index (Phi) is 4.81. The summed E-state index contributed by atoms with van der Waals surface area (Å²) >= 11 is 3.50. The maximum atomic E-state index is 10.0. The largest absolute Gasteiger partial charge is 0.388 e. The van der Waals surface area contributed by atoms with Crippen molar-refractivity contribution in [1.82, 2.24) is 0 Å². The van der Waals surface area contributed by atoms with Crippen LogP contribution >= 0.6 is 15.9 Å². The molecule has 84 valence electrons. The quantitative estimate of drug-likeness (QED) is 0.866. The number of aryl methyl sites for hydroxylation is 2. The molecule has 0 fully saturated rings. The third kappa shape index (κ3) is 3.32. The highest BCUT2D eigenvalue weighted by atomic mass is 79.9. The van der Waals surface area contributed by atoms with Crippen molar-refractivity contribution in [3.05, 3.63) is 33.3 Å². The van der Waals surface area contributed by atoms with Crippen LogP contribution in [0, 0.1) is 13.8 Å². The molecule has 15 heavy (non-hydrogen) atoms. The van der Waals surface area contributed by atoms with Gasteiger partial charge in [-0.15, -0.1) is 0 Å². The van der Waals surface area contributed by atoms with Crippen LogP contribution in [0.3, 0.4) is 0 Å². The van der Waals surface area contributed by atoms with Crippen molar-refractivity contribution in [2.75, 3.05) is 0 Å². The number of hydrogen-bond acceptors (Lipinski definition) is 1. The number of hydrogen-bond donors (Lipinski definition) is 1. The molecule has 0 aliphatic heterocycles. The molecule has 1 unspecified atom stereocenters. The fourth-order valence-electron chi connectivity index (χ4n) is 1.72. The smallest absolute Gasteiger partial charge is 0.0792 e. The molecule has 1 aromatic carbocycles. The molecule has 1 rings (SSSR count). The fourth-order valence-corrected chi connectivity index (χ4v) is 2.17. The highest BCUT2D eigenvalue weighted by Crippen LogP contribution is 2.27.